The molecule has 0 aliphatic heterocycles. The van der Waals surface area contributed by atoms with E-state index in [1.165, 1.54) is 6.07 Å². The normalized spacial score (nSPS) is 10.6. The number of aliphatic imine (C=N–C) groups is 1. The summed E-state index contributed by atoms with van der Waals surface area (Å²) in [4.78, 5) is 23.8. The molecule has 8 heteroatoms. The number of rotatable bonds is 4. The van der Waals surface area contributed by atoms with Crippen LogP contribution in [0.25, 0.3) is 0 Å². The fourth-order valence-corrected chi connectivity index (χ4v) is 1.30. The number of carbonyl (C=O) groups is 1. The number of phenols is 1. The quantitative estimate of drug-likeness (QED) is 0.472. The third kappa shape index (κ3) is 3.42. The lowest BCUT2D eigenvalue weighted by Gasteiger charge is -2.01. The van der Waals surface area contributed by atoms with Crippen LogP contribution in [0.1, 0.15) is 5.56 Å². The minimum atomic E-state index is -0.771. The third-order valence-electron chi connectivity index (χ3n) is 1.76. The number of halogens is 1. The molecule has 0 bridgehead atoms. The molecule has 0 spiro atoms. The Labute approximate surface area is 101 Å². The molecule has 0 heterocycles. The predicted molar refractivity (Wildman–Crippen MR) is 61.4 cm³/mol. The van der Waals surface area contributed by atoms with Gasteiger partial charge in [-0.15, -0.1) is 0 Å². The van der Waals surface area contributed by atoms with Crippen molar-refractivity contribution in [2.24, 2.45) is 10.7 Å². The molecule has 0 saturated heterocycles. The van der Waals surface area contributed by atoms with Crippen molar-refractivity contribution in [3.63, 3.8) is 0 Å². The molecule has 3 N–H and O–H groups in total. The summed E-state index contributed by atoms with van der Waals surface area (Å²) >= 11 is 5.64. The van der Waals surface area contributed by atoms with Crippen molar-refractivity contribution in [2.75, 3.05) is 6.54 Å². The summed E-state index contributed by atoms with van der Waals surface area (Å²) in [5.74, 6) is -1.22. The van der Waals surface area contributed by atoms with Crippen LogP contribution >= 0.6 is 11.6 Å². The number of primary amides is 1. The summed E-state index contributed by atoms with van der Waals surface area (Å²) in [6.07, 6.45) is 1.10. The first-order chi connectivity index (χ1) is 7.91. The Morgan fingerprint density at radius 1 is 1.65 bits per heavy atom. The van der Waals surface area contributed by atoms with Crippen LogP contribution in [0.2, 0.25) is 5.02 Å². The highest BCUT2D eigenvalue weighted by Crippen LogP contribution is 2.32. The van der Waals surface area contributed by atoms with Gasteiger partial charge >= 0.3 is 5.69 Å². The minimum absolute atomic E-state index is 0.0467. The number of amides is 1. The molecule has 0 fully saturated rings. The number of aromatic hydroxyl groups is 1. The molecule has 1 rings (SSSR count). The Bertz CT molecular complexity index is 501. The molecule has 17 heavy (non-hydrogen) atoms. The fourth-order valence-electron chi connectivity index (χ4n) is 1.08. The van der Waals surface area contributed by atoms with Gasteiger partial charge in [0.2, 0.25) is 11.7 Å². The van der Waals surface area contributed by atoms with E-state index < -0.39 is 22.3 Å². The molecule has 90 valence electrons. The van der Waals surface area contributed by atoms with Crippen molar-refractivity contribution < 1.29 is 14.8 Å². The fraction of sp³-hybridized carbons (Fsp3) is 0.111. The number of nitro groups is 1. The molecule has 1 aromatic rings. The van der Waals surface area contributed by atoms with Crippen LogP contribution in [0.5, 0.6) is 5.75 Å². The Morgan fingerprint density at radius 3 is 2.82 bits per heavy atom. The maximum atomic E-state index is 10.6. The molecule has 0 unspecified atom stereocenters. The van der Waals surface area contributed by atoms with Gasteiger partial charge in [0.15, 0.2) is 0 Å². The van der Waals surface area contributed by atoms with Crippen molar-refractivity contribution in [2.45, 2.75) is 0 Å². The number of hydrogen-bond donors (Lipinski definition) is 2. The Hall–Kier alpha value is -2.15. The van der Waals surface area contributed by atoms with E-state index in [4.69, 9.17) is 17.3 Å². The van der Waals surface area contributed by atoms with Gasteiger partial charge < -0.3 is 10.8 Å². The molecule has 0 atom stereocenters. The maximum Gasteiger partial charge on any atom is 0.312 e. The van der Waals surface area contributed by atoms with Crippen LogP contribution in [-0.2, 0) is 4.79 Å². The van der Waals surface area contributed by atoms with Crippen LogP contribution in [0, 0.1) is 10.1 Å². The first-order valence-corrected chi connectivity index (χ1v) is 4.74. The summed E-state index contributed by atoms with van der Waals surface area (Å²) in [6.45, 7) is -0.278. The number of hydrogen-bond acceptors (Lipinski definition) is 5. The van der Waals surface area contributed by atoms with Gasteiger partial charge in [0.05, 0.1) is 4.92 Å². The minimum Gasteiger partial charge on any atom is -0.502 e. The van der Waals surface area contributed by atoms with Gasteiger partial charge in [0.25, 0.3) is 0 Å². The van der Waals surface area contributed by atoms with E-state index in [1.807, 2.05) is 0 Å². The zero-order valence-corrected chi connectivity index (χ0v) is 9.22. The molecule has 0 aliphatic carbocycles. The van der Waals surface area contributed by atoms with Crippen LogP contribution in [0.4, 0.5) is 5.69 Å². The van der Waals surface area contributed by atoms with E-state index in [1.54, 1.807) is 0 Å². The molecular weight excluding hydrogens is 250 g/mol. The van der Waals surface area contributed by atoms with E-state index in [2.05, 4.69) is 4.99 Å². The average Bonchev–Trinajstić information content (AvgIpc) is 2.21. The van der Waals surface area contributed by atoms with Crippen molar-refractivity contribution in [1.29, 1.82) is 0 Å². The number of nitro benzene ring substituents is 1. The first kappa shape index (κ1) is 12.9. The topological polar surface area (TPSA) is 119 Å². The molecule has 1 aromatic carbocycles. The van der Waals surface area contributed by atoms with Crippen molar-refractivity contribution in [3.8, 4) is 5.75 Å². The number of phenolic OH excluding ortho intramolecular Hbond substituents is 1. The maximum absolute atomic E-state index is 10.6. The monoisotopic (exact) mass is 257 g/mol. The largest absolute Gasteiger partial charge is 0.502 e. The van der Waals surface area contributed by atoms with Gasteiger partial charge in [-0.2, -0.15) is 0 Å². The van der Waals surface area contributed by atoms with Crippen molar-refractivity contribution in [1.82, 2.24) is 0 Å². The summed E-state index contributed by atoms with van der Waals surface area (Å²) in [5, 5.41) is 20.2. The van der Waals surface area contributed by atoms with Gasteiger partial charge in [-0.3, -0.25) is 19.9 Å². The smallest absolute Gasteiger partial charge is 0.312 e. The second-order valence-corrected chi connectivity index (χ2v) is 3.49. The molecule has 0 aromatic heterocycles. The molecular formula is C9H8ClN3O4. The predicted octanol–water partition coefficient (Wildman–Crippen LogP) is 0.858. The van der Waals surface area contributed by atoms with Crippen molar-refractivity contribution in [3.05, 3.63) is 32.8 Å². The zero-order chi connectivity index (χ0) is 13.0. The van der Waals surface area contributed by atoms with E-state index in [0.717, 1.165) is 12.3 Å². The lowest BCUT2D eigenvalue weighted by molar-refractivity contribution is -0.385. The molecule has 0 radical (unpaired) electrons. The number of nitrogens with two attached hydrogens (primary N) is 1. The van der Waals surface area contributed by atoms with E-state index in [-0.39, 0.29) is 17.1 Å². The zero-order valence-electron chi connectivity index (χ0n) is 8.46. The lowest BCUT2D eigenvalue weighted by atomic mass is 10.2. The molecule has 0 saturated carbocycles. The number of carbonyl (C=O) groups excluding carboxylic acids is 1. The number of nitrogens with zero attached hydrogens (tertiary/aromatic N) is 2. The molecule has 0 aliphatic rings. The van der Waals surface area contributed by atoms with E-state index in [0.29, 0.717) is 0 Å². The highest BCUT2D eigenvalue weighted by molar-refractivity contribution is 6.31. The highest BCUT2D eigenvalue weighted by atomic mass is 35.5. The Balaban J connectivity index is 3.11. The van der Waals surface area contributed by atoms with E-state index in [9.17, 15) is 20.0 Å². The van der Waals surface area contributed by atoms with Crippen LogP contribution in [0.3, 0.4) is 0 Å². The van der Waals surface area contributed by atoms with Crippen molar-refractivity contribution >= 4 is 29.4 Å². The molecule has 7 nitrogen and oxygen atoms in total. The van der Waals surface area contributed by atoms with Gasteiger partial charge in [-0.05, 0) is 6.07 Å². The number of benzene rings is 1. The van der Waals surface area contributed by atoms with Gasteiger partial charge in [-0.25, -0.2) is 0 Å². The highest BCUT2D eigenvalue weighted by Gasteiger charge is 2.17. The average molecular weight is 258 g/mol. The van der Waals surface area contributed by atoms with Crippen LogP contribution < -0.4 is 5.73 Å². The summed E-state index contributed by atoms with van der Waals surface area (Å²) in [6, 6.07) is 2.30. The second kappa shape index (κ2) is 5.26. The van der Waals surface area contributed by atoms with E-state index >= 15 is 0 Å². The van der Waals surface area contributed by atoms with Gasteiger partial charge in [-0.1, -0.05) is 11.6 Å². The van der Waals surface area contributed by atoms with Crippen LogP contribution in [-0.4, -0.2) is 28.7 Å². The SMILES string of the molecule is NC(=O)CN=Cc1cc(Cl)cc([N+](=O)[O-])c1O. The molecule has 1 amide bonds. The third-order valence-corrected chi connectivity index (χ3v) is 1.98. The van der Waals surface area contributed by atoms with Crippen LogP contribution in [0.15, 0.2) is 17.1 Å². The Morgan fingerprint density at radius 2 is 2.29 bits per heavy atom. The summed E-state index contributed by atoms with van der Waals surface area (Å²) in [5.41, 5.74) is 4.37. The lowest BCUT2D eigenvalue weighted by Crippen LogP contribution is -2.14. The second-order valence-electron chi connectivity index (χ2n) is 3.06. The van der Waals surface area contributed by atoms with Gasteiger partial charge in [0, 0.05) is 22.9 Å². The first-order valence-electron chi connectivity index (χ1n) is 4.37. The standard InChI is InChI=1S/C9H8ClN3O4/c10-6-1-5(3-12-4-8(11)14)9(15)7(2-6)13(16)17/h1-3,15H,4H2,(H2,11,14). The summed E-state index contributed by atoms with van der Waals surface area (Å²) < 4.78 is 0. The Kier molecular flexibility index (Phi) is 4.00. The summed E-state index contributed by atoms with van der Waals surface area (Å²) in [7, 11) is 0. The van der Waals surface area contributed by atoms with Gasteiger partial charge in [0.1, 0.15) is 6.54 Å².